The van der Waals surface area contributed by atoms with E-state index in [2.05, 4.69) is 5.32 Å². The first-order valence-electron chi connectivity index (χ1n) is 9.78. The molecule has 3 N–H and O–H groups in total. The Bertz CT molecular complexity index is 949. The molecule has 0 atom stereocenters. The molecule has 0 unspecified atom stereocenters. The lowest BCUT2D eigenvalue weighted by molar-refractivity contribution is -0.137. The number of piperidine rings is 1. The monoisotopic (exact) mass is 433 g/mol. The highest BCUT2D eigenvalue weighted by Gasteiger charge is 2.31. The topological polar surface area (TPSA) is 92.5 Å². The van der Waals surface area contributed by atoms with Crippen LogP contribution in [0.4, 0.5) is 18.9 Å². The molecule has 1 aliphatic rings. The first kappa shape index (κ1) is 22.3. The minimum Gasteiger partial charge on any atom is -0.369 e. The molecule has 1 fully saturated rings. The Kier molecular flexibility index (Phi) is 6.62. The van der Waals surface area contributed by atoms with E-state index >= 15 is 0 Å². The highest BCUT2D eigenvalue weighted by Crippen LogP contribution is 2.29. The molecule has 0 aromatic heterocycles. The van der Waals surface area contributed by atoms with Gasteiger partial charge in [-0.15, -0.1) is 0 Å². The molecule has 1 saturated heterocycles. The molecule has 9 heteroatoms. The van der Waals surface area contributed by atoms with Crippen LogP contribution in [0.5, 0.6) is 0 Å². The fourth-order valence-corrected chi connectivity index (χ4v) is 3.48. The third-order valence-electron chi connectivity index (χ3n) is 5.21. The Labute approximate surface area is 177 Å². The molecule has 0 spiro atoms. The second-order valence-electron chi connectivity index (χ2n) is 7.47. The summed E-state index contributed by atoms with van der Waals surface area (Å²) in [6.07, 6.45) is -3.41. The number of likely N-dealkylation sites (tertiary alicyclic amines) is 1. The number of rotatable bonds is 5. The van der Waals surface area contributed by atoms with Crippen molar-refractivity contribution < 1.29 is 27.6 Å². The molecule has 3 rings (SSSR count). The molecule has 3 amide bonds. The average molecular weight is 433 g/mol. The molecule has 31 heavy (non-hydrogen) atoms. The molecule has 0 saturated carbocycles. The van der Waals surface area contributed by atoms with E-state index < -0.39 is 17.6 Å². The largest absolute Gasteiger partial charge is 0.416 e. The van der Waals surface area contributed by atoms with E-state index in [1.165, 1.54) is 12.1 Å². The lowest BCUT2D eigenvalue weighted by Gasteiger charge is -2.31. The number of hydrogen-bond donors (Lipinski definition) is 2. The summed E-state index contributed by atoms with van der Waals surface area (Å²) in [5.41, 5.74) is 5.88. The van der Waals surface area contributed by atoms with Crippen LogP contribution in [-0.4, -0.2) is 35.7 Å². The van der Waals surface area contributed by atoms with Gasteiger partial charge in [-0.05, 0) is 54.8 Å². The Morgan fingerprint density at radius 3 is 2.06 bits per heavy atom. The molecule has 2 aromatic rings. The summed E-state index contributed by atoms with van der Waals surface area (Å²) < 4.78 is 38.0. The number of nitrogens with two attached hydrogens (primary N) is 1. The van der Waals surface area contributed by atoms with Crippen molar-refractivity contribution in [1.29, 1.82) is 0 Å². The van der Waals surface area contributed by atoms with Crippen LogP contribution in [0.25, 0.3) is 0 Å². The number of carbonyl (C=O) groups excluding carboxylic acids is 3. The first-order chi connectivity index (χ1) is 14.6. The summed E-state index contributed by atoms with van der Waals surface area (Å²) in [4.78, 5) is 37.5. The van der Waals surface area contributed by atoms with Gasteiger partial charge < -0.3 is 16.0 Å². The molecule has 6 nitrogen and oxygen atoms in total. The van der Waals surface area contributed by atoms with Crippen LogP contribution in [0.3, 0.4) is 0 Å². The van der Waals surface area contributed by atoms with Crippen molar-refractivity contribution in [2.24, 2.45) is 11.7 Å². The zero-order valence-corrected chi connectivity index (χ0v) is 16.6. The Morgan fingerprint density at radius 2 is 1.55 bits per heavy atom. The zero-order valence-electron chi connectivity index (χ0n) is 16.6. The van der Waals surface area contributed by atoms with Crippen molar-refractivity contribution in [3.05, 3.63) is 65.2 Å². The van der Waals surface area contributed by atoms with Crippen molar-refractivity contribution in [3.8, 4) is 0 Å². The van der Waals surface area contributed by atoms with Crippen LogP contribution in [0.2, 0.25) is 0 Å². The number of nitrogens with one attached hydrogen (secondary N) is 1. The number of carbonyl (C=O) groups is 3. The fourth-order valence-electron chi connectivity index (χ4n) is 3.48. The second-order valence-corrected chi connectivity index (χ2v) is 7.47. The second kappa shape index (κ2) is 9.20. The minimum atomic E-state index is -4.45. The predicted octanol–water partition coefficient (Wildman–Crippen LogP) is 3.22. The van der Waals surface area contributed by atoms with Gasteiger partial charge in [-0.3, -0.25) is 14.4 Å². The van der Waals surface area contributed by atoms with Gasteiger partial charge in [0, 0.05) is 30.3 Å². The number of halogens is 3. The first-order valence-corrected chi connectivity index (χ1v) is 9.78. The van der Waals surface area contributed by atoms with Crippen molar-refractivity contribution in [3.63, 3.8) is 0 Å². The van der Waals surface area contributed by atoms with Gasteiger partial charge in [0.05, 0.1) is 12.0 Å². The van der Waals surface area contributed by atoms with Crippen LogP contribution in [0.1, 0.15) is 34.3 Å². The lowest BCUT2D eigenvalue weighted by atomic mass is 9.95. The Balaban J connectivity index is 1.52. The van der Waals surface area contributed by atoms with E-state index in [0.29, 0.717) is 31.6 Å². The van der Waals surface area contributed by atoms with Crippen LogP contribution >= 0.6 is 0 Å². The maximum Gasteiger partial charge on any atom is 0.416 e. The normalized spacial score (nSPS) is 14.9. The van der Waals surface area contributed by atoms with Crippen molar-refractivity contribution in [1.82, 2.24) is 4.90 Å². The number of hydrogen-bond acceptors (Lipinski definition) is 3. The molecular weight excluding hydrogens is 411 g/mol. The zero-order chi connectivity index (χ0) is 22.6. The molecule has 2 aromatic carbocycles. The maximum absolute atomic E-state index is 12.7. The van der Waals surface area contributed by atoms with Gasteiger partial charge in [0.2, 0.25) is 11.8 Å². The van der Waals surface area contributed by atoms with Crippen molar-refractivity contribution in [2.75, 3.05) is 18.4 Å². The quantitative estimate of drug-likeness (QED) is 0.758. The maximum atomic E-state index is 12.7. The smallest absolute Gasteiger partial charge is 0.369 e. The van der Waals surface area contributed by atoms with Gasteiger partial charge in [-0.25, -0.2) is 0 Å². The van der Waals surface area contributed by atoms with E-state index in [9.17, 15) is 27.6 Å². The molecule has 0 bridgehead atoms. The molecule has 0 radical (unpaired) electrons. The third-order valence-corrected chi connectivity index (χ3v) is 5.21. The van der Waals surface area contributed by atoms with Gasteiger partial charge in [-0.1, -0.05) is 12.1 Å². The predicted molar refractivity (Wildman–Crippen MR) is 108 cm³/mol. The van der Waals surface area contributed by atoms with Gasteiger partial charge in [0.25, 0.3) is 5.91 Å². The van der Waals surface area contributed by atoms with Crippen LogP contribution in [0.15, 0.2) is 48.5 Å². The third kappa shape index (κ3) is 5.84. The van der Waals surface area contributed by atoms with Gasteiger partial charge in [-0.2, -0.15) is 13.2 Å². The number of nitrogens with zero attached hydrogens (tertiary/aromatic N) is 1. The standard InChI is InChI=1S/C22H22F3N3O3/c23-22(24,25)17-5-3-16(4-6-17)21(31)28-11-9-15(10-12-28)20(30)27-18-7-1-14(2-8-18)13-19(26)29/h1-8,15H,9-13H2,(H2,26,29)(H,27,30). The SMILES string of the molecule is NC(=O)Cc1ccc(NC(=O)C2CCN(C(=O)c3ccc(C(F)(F)F)cc3)CC2)cc1. The minimum absolute atomic E-state index is 0.125. The van der Waals surface area contributed by atoms with Crippen LogP contribution < -0.4 is 11.1 Å². The number of primary amides is 1. The molecular formula is C22H22F3N3O3. The van der Waals surface area contributed by atoms with Gasteiger partial charge in [0.1, 0.15) is 0 Å². The number of anilines is 1. The van der Waals surface area contributed by atoms with E-state index in [1.54, 1.807) is 29.2 Å². The van der Waals surface area contributed by atoms with Crippen molar-refractivity contribution >= 4 is 23.4 Å². The number of amides is 3. The van der Waals surface area contributed by atoms with E-state index in [4.69, 9.17) is 5.73 Å². The van der Waals surface area contributed by atoms with E-state index in [1.807, 2.05) is 0 Å². The molecule has 164 valence electrons. The summed E-state index contributed by atoms with van der Waals surface area (Å²) in [5.74, 6) is -1.22. The number of alkyl halides is 3. The fraction of sp³-hybridized carbons (Fsp3) is 0.318. The Morgan fingerprint density at radius 1 is 0.968 bits per heavy atom. The van der Waals surface area contributed by atoms with Crippen LogP contribution in [0, 0.1) is 5.92 Å². The highest BCUT2D eigenvalue weighted by molar-refractivity contribution is 5.95. The summed E-state index contributed by atoms with van der Waals surface area (Å²) in [6, 6.07) is 10.9. The summed E-state index contributed by atoms with van der Waals surface area (Å²) in [5, 5.41) is 2.82. The molecule has 0 aliphatic carbocycles. The average Bonchev–Trinajstić information content (AvgIpc) is 2.74. The lowest BCUT2D eigenvalue weighted by Crippen LogP contribution is -2.41. The van der Waals surface area contributed by atoms with E-state index in [-0.39, 0.29) is 29.7 Å². The summed E-state index contributed by atoms with van der Waals surface area (Å²) >= 11 is 0. The van der Waals surface area contributed by atoms with Gasteiger partial charge >= 0.3 is 6.18 Å². The molecule has 1 aliphatic heterocycles. The van der Waals surface area contributed by atoms with E-state index in [0.717, 1.165) is 17.7 Å². The summed E-state index contributed by atoms with van der Waals surface area (Å²) in [7, 11) is 0. The van der Waals surface area contributed by atoms with Crippen LogP contribution in [-0.2, 0) is 22.2 Å². The summed E-state index contributed by atoms with van der Waals surface area (Å²) in [6.45, 7) is 0.685. The van der Waals surface area contributed by atoms with Crippen molar-refractivity contribution in [2.45, 2.75) is 25.4 Å². The van der Waals surface area contributed by atoms with Gasteiger partial charge in [0.15, 0.2) is 0 Å². The Hall–Kier alpha value is -3.36. The highest BCUT2D eigenvalue weighted by atomic mass is 19.4. The molecule has 1 heterocycles. The number of benzene rings is 2.